The van der Waals surface area contributed by atoms with E-state index < -0.39 is 25.8 Å². The molecule has 180 valence electrons. The maximum absolute atomic E-state index is 15.2. The van der Waals surface area contributed by atoms with Gasteiger partial charge in [0.1, 0.15) is 5.75 Å². The highest BCUT2D eigenvalue weighted by molar-refractivity contribution is 8.18. The Bertz CT molecular complexity index is 1020. The third kappa shape index (κ3) is 6.29. The third-order valence-corrected chi connectivity index (χ3v) is 8.61. The van der Waals surface area contributed by atoms with Gasteiger partial charge < -0.3 is 9.47 Å². The predicted molar refractivity (Wildman–Crippen MR) is 131 cm³/mol. The standard InChI is InChI=1S/C25H31FO5S2/c1-2-22(27)31-16-10-5-3-4-9-15-30-19-13-14-21-20(17-19)23(18-11-7-6-8-12-18)24(26)25(32)33(21,28)29/h2,13-14,17-18H,1,3-12,15-16H2. The lowest BCUT2D eigenvalue weighted by molar-refractivity contribution is -0.137. The van der Waals surface area contributed by atoms with E-state index in [0.29, 0.717) is 30.1 Å². The number of ether oxygens (including phenoxy) is 2. The number of sulfone groups is 1. The molecule has 1 aromatic carbocycles. The molecule has 1 aliphatic heterocycles. The first-order chi connectivity index (χ1) is 15.9. The molecule has 0 saturated heterocycles. The van der Waals surface area contributed by atoms with E-state index in [2.05, 4.69) is 6.58 Å². The van der Waals surface area contributed by atoms with Crippen molar-refractivity contribution in [2.45, 2.75) is 69.1 Å². The Kier molecular flexibility index (Phi) is 9.20. The zero-order valence-electron chi connectivity index (χ0n) is 18.8. The zero-order valence-corrected chi connectivity index (χ0v) is 20.4. The molecule has 3 rings (SSSR count). The van der Waals surface area contributed by atoms with Gasteiger partial charge in [0.15, 0.2) is 10.0 Å². The van der Waals surface area contributed by atoms with Gasteiger partial charge in [-0.1, -0.05) is 57.3 Å². The van der Waals surface area contributed by atoms with Gasteiger partial charge in [0, 0.05) is 17.2 Å². The number of thiocarbonyl (C=S) groups is 1. The van der Waals surface area contributed by atoms with Gasteiger partial charge in [-0.3, -0.25) is 0 Å². The van der Waals surface area contributed by atoms with Crippen molar-refractivity contribution in [3.63, 3.8) is 0 Å². The van der Waals surface area contributed by atoms with Crippen LogP contribution in [0.25, 0.3) is 5.57 Å². The molecule has 0 amide bonds. The smallest absolute Gasteiger partial charge is 0.330 e. The molecule has 1 aliphatic carbocycles. The predicted octanol–water partition coefficient (Wildman–Crippen LogP) is 6.12. The van der Waals surface area contributed by atoms with Crippen LogP contribution >= 0.6 is 12.2 Å². The Morgan fingerprint density at radius 2 is 1.76 bits per heavy atom. The summed E-state index contributed by atoms with van der Waals surface area (Å²) in [7, 11) is -4.00. The molecule has 8 heteroatoms. The summed E-state index contributed by atoms with van der Waals surface area (Å²) in [5.41, 5.74) is 0.840. The van der Waals surface area contributed by atoms with E-state index in [1.54, 1.807) is 12.1 Å². The molecule has 0 spiro atoms. The van der Waals surface area contributed by atoms with E-state index in [-0.39, 0.29) is 10.8 Å². The van der Waals surface area contributed by atoms with Crippen LogP contribution in [0.1, 0.15) is 69.8 Å². The number of unbranched alkanes of at least 4 members (excludes halogenated alkanes) is 4. The quantitative estimate of drug-likeness (QED) is 0.160. The first-order valence-electron chi connectivity index (χ1n) is 11.6. The van der Waals surface area contributed by atoms with E-state index in [0.717, 1.165) is 70.3 Å². The Morgan fingerprint density at radius 3 is 2.45 bits per heavy atom. The summed E-state index contributed by atoms with van der Waals surface area (Å²) < 4.78 is 50.8. The molecule has 5 nitrogen and oxygen atoms in total. The summed E-state index contributed by atoms with van der Waals surface area (Å²) in [6, 6.07) is 4.77. The average molecular weight is 495 g/mol. The van der Waals surface area contributed by atoms with Gasteiger partial charge in [-0.15, -0.1) is 0 Å². The molecule has 0 bridgehead atoms. The molecule has 0 unspecified atom stereocenters. The second-order valence-electron chi connectivity index (χ2n) is 8.50. The maximum Gasteiger partial charge on any atom is 0.330 e. The number of carbonyl (C=O) groups is 1. The van der Waals surface area contributed by atoms with Crippen molar-refractivity contribution in [1.82, 2.24) is 0 Å². The molecule has 2 aliphatic rings. The summed E-state index contributed by atoms with van der Waals surface area (Å²) >= 11 is 4.99. The van der Waals surface area contributed by atoms with Crippen molar-refractivity contribution in [2.24, 2.45) is 5.92 Å². The van der Waals surface area contributed by atoms with Gasteiger partial charge in [0.2, 0.25) is 9.84 Å². The van der Waals surface area contributed by atoms with E-state index in [1.165, 1.54) is 6.07 Å². The third-order valence-electron chi connectivity index (χ3n) is 6.17. The fourth-order valence-corrected chi connectivity index (χ4v) is 6.07. The maximum atomic E-state index is 15.2. The number of fused-ring (bicyclic) bond motifs is 1. The minimum absolute atomic E-state index is 0.0213. The monoisotopic (exact) mass is 494 g/mol. The topological polar surface area (TPSA) is 69.7 Å². The normalized spacial score (nSPS) is 18.0. The Balaban J connectivity index is 1.58. The number of rotatable bonds is 11. The van der Waals surface area contributed by atoms with Gasteiger partial charge in [0.25, 0.3) is 0 Å². The van der Waals surface area contributed by atoms with E-state index in [9.17, 15) is 13.2 Å². The van der Waals surface area contributed by atoms with Gasteiger partial charge in [-0.2, -0.15) is 0 Å². The van der Waals surface area contributed by atoms with E-state index in [1.807, 2.05) is 0 Å². The minimum atomic E-state index is -4.00. The lowest BCUT2D eigenvalue weighted by Crippen LogP contribution is -2.24. The number of halogens is 1. The average Bonchev–Trinajstić information content (AvgIpc) is 2.82. The highest BCUT2D eigenvalue weighted by atomic mass is 32.2. The van der Waals surface area contributed by atoms with Crippen LogP contribution in [0.4, 0.5) is 4.39 Å². The van der Waals surface area contributed by atoms with Crippen LogP contribution in [0.15, 0.2) is 41.6 Å². The van der Waals surface area contributed by atoms with Crippen LogP contribution in [0, 0.1) is 5.92 Å². The van der Waals surface area contributed by atoms with Crippen molar-refractivity contribution >= 4 is 37.8 Å². The molecule has 1 saturated carbocycles. The number of benzene rings is 1. The van der Waals surface area contributed by atoms with Gasteiger partial charge in [-0.05, 0) is 49.8 Å². The Morgan fingerprint density at radius 1 is 1.09 bits per heavy atom. The van der Waals surface area contributed by atoms with Crippen molar-refractivity contribution in [1.29, 1.82) is 0 Å². The molecule has 1 fully saturated rings. The summed E-state index contributed by atoms with van der Waals surface area (Å²) in [6.07, 6.45) is 10.5. The number of esters is 1. The first-order valence-corrected chi connectivity index (χ1v) is 13.5. The molecule has 1 heterocycles. The minimum Gasteiger partial charge on any atom is -0.494 e. The van der Waals surface area contributed by atoms with Crippen LogP contribution in [-0.4, -0.2) is 31.8 Å². The largest absolute Gasteiger partial charge is 0.494 e. The van der Waals surface area contributed by atoms with E-state index >= 15 is 4.39 Å². The van der Waals surface area contributed by atoms with Crippen LogP contribution in [0.5, 0.6) is 5.75 Å². The number of hydrogen-bond donors (Lipinski definition) is 0. The molecule has 33 heavy (non-hydrogen) atoms. The highest BCUT2D eigenvalue weighted by Crippen LogP contribution is 2.45. The van der Waals surface area contributed by atoms with Gasteiger partial charge >= 0.3 is 5.97 Å². The fourth-order valence-electron chi connectivity index (χ4n) is 4.44. The lowest BCUT2D eigenvalue weighted by Gasteiger charge is -2.29. The van der Waals surface area contributed by atoms with Crippen LogP contribution in [0.2, 0.25) is 0 Å². The molecule has 0 N–H and O–H groups in total. The first kappa shape index (κ1) is 25.6. The molecule has 1 aromatic rings. The van der Waals surface area contributed by atoms with Crippen molar-refractivity contribution in [3.05, 3.63) is 42.2 Å². The zero-order chi connectivity index (χ0) is 23.8. The Hall–Kier alpha value is -2.06. The van der Waals surface area contributed by atoms with Crippen LogP contribution < -0.4 is 4.74 Å². The summed E-state index contributed by atoms with van der Waals surface area (Å²) in [5.74, 6) is -0.647. The lowest BCUT2D eigenvalue weighted by atomic mass is 9.80. The molecule has 0 aromatic heterocycles. The van der Waals surface area contributed by atoms with Crippen molar-refractivity contribution in [2.75, 3.05) is 13.2 Å². The second-order valence-corrected chi connectivity index (χ2v) is 11.0. The summed E-state index contributed by atoms with van der Waals surface area (Å²) in [5, 5.41) is 0. The summed E-state index contributed by atoms with van der Waals surface area (Å²) in [4.78, 5) is 11.1. The fraction of sp³-hybridized carbons (Fsp3) is 0.520. The van der Waals surface area contributed by atoms with E-state index in [4.69, 9.17) is 21.7 Å². The van der Waals surface area contributed by atoms with Gasteiger partial charge in [-0.25, -0.2) is 17.6 Å². The number of carbonyl (C=O) groups excluding carboxylic acids is 1. The second kappa shape index (κ2) is 11.9. The molecule has 0 radical (unpaired) electrons. The molecular weight excluding hydrogens is 463 g/mol. The SMILES string of the molecule is C=CC(=O)OCCCCCCCOc1ccc2c(c1)C(C1CCCCC1)=C(F)C(=S)S2(=O)=O. The highest BCUT2D eigenvalue weighted by Gasteiger charge is 2.38. The number of allylic oxidation sites excluding steroid dienone is 1. The molecular formula is C25H31FO5S2. The van der Waals surface area contributed by atoms with Crippen LogP contribution in [0.3, 0.4) is 0 Å². The van der Waals surface area contributed by atoms with Crippen molar-refractivity contribution < 1.29 is 27.1 Å². The Labute approximate surface area is 201 Å². The van der Waals surface area contributed by atoms with Gasteiger partial charge in [0.05, 0.1) is 18.1 Å². The summed E-state index contributed by atoms with van der Waals surface area (Å²) in [6.45, 7) is 4.24. The molecule has 0 atom stereocenters. The van der Waals surface area contributed by atoms with Crippen LogP contribution in [-0.2, 0) is 19.4 Å². The van der Waals surface area contributed by atoms with Crippen molar-refractivity contribution in [3.8, 4) is 5.75 Å². The number of hydrogen-bond acceptors (Lipinski definition) is 6.